The topological polar surface area (TPSA) is 93.9 Å². The third-order valence-electron chi connectivity index (χ3n) is 3.39. The quantitative estimate of drug-likeness (QED) is 0.776. The molecule has 0 saturated carbocycles. The minimum absolute atomic E-state index is 0.0949. The van der Waals surface area contributed by atoms with Crippen LogP contribution in [0, 0.1) is 6.92 Å². The van der Waals surface area contributed by atoms with Gasteiger partial charge in [-0.05, 0) is 32.9 Å². The van der Waals surface area contributed by atoms with Crippen molar-refractivity contribution in [1.82, 2.24) is 10.1 Å². The van der Waals surface area contributed by atoms with E-state index < -0.39 is 5.91 Å². The average Bonchev–Trinajstić information content (AvgIpc) is 3.03. The summed E-state index contributed by atoms with van der Waals surface area (Å²) in [6, 6.07) is 6.66. The highest BCUT2D eigenvalue weighted by Gasteiger charge is 2.19. The van der Waals surface area contributed by atoms with Crippen LogP contribution in [0.2, 0.25) is 0 Å². The van der Waals surface area contributed by atoms with Crippen LogP contribution >= 0.6 is 0 Å². The van der Waals surface area contributed by atoms with Gasteiger partial charge in [0.05, 0.1) is 25.5 Å². The monoisotopic (exact) mass is 361 g/mol. The maximum Gasteiger partial charge on any atom is 0.292 e. The van der Waals surface area contributed by atoms with E-state index in [0.29, 0.717) is 36.1 Å². The van der Waals surface area contributed by atoms with E-state index in [1.165, 1.54) is 18.0 Å². The first-order valence-electron chi connectivity index (χ1n) is 8.32. The first kappa shape index (κ1) is 19.3. The summed E-state index contributed by atoms with van der Waals surface area (Å²) in [7, 11) is 1.52. The SMILES string of the molecule is CCOc1ccc(NC(=O)CN(C)C(=O)c2cc(C)no2)cc1OCC. The van der Waals surface area contributed by atoms with Crippen molar-refractivity contribution in [2.75, 3.05) is 32.1 Å². The van der Waals surface area contributed by atoms with Crippen LogP contribution < -0.4 is 14.8 Å². The summed E-state index contributed by atoms with van der Waals surface area (Å²) in [5, 5.41) is 6.41. The van der Waals surface area contributed by atoms with Crippen LogP contribution in [0.15, 0.2) is 28.8 Å². The highest BCUT2D eigenvalue weighted by atomic mass is 16.5. The predicted octanol–water partition coefficient (Wildman–Crippen LogP) is 2.49. The smallest absolute Gasteiger partial charge is 0.292 e. The molecular weight excluding hydrogens is 338 g/mol. The number of benzene rings is 1. The molecule has 1 heterocycles. The number of amides is 2. The second kappa shape index (κ2) is 8.89. The lowest BCUT2D eigenvalue weighted by molar-refractivity contribution is -0.116. The Labute approximate surface area is 152 Å². The minimum Gasteiger partial charge on any atom is -0.490 e. The van der Waals surface area contributed by atoms with Crippen molar-refractivity contribution in [2.45, 2.75) is 20.8 Å². The Morgan fingerprint density at radius 2 is 1.85 bits per heavy atom. The third kappa shape index (κ3) is 4.98. The molecule has 2 rings (SSSR count). The number of aromatic nitrogens is 1. The van der Waals surface area contributed by atoms with Crippen molar-refractivity contribution < 1.29 is 23.6 Å². The van der Waals surface area contributed by atoms with Crippen LogP contribution in [0.4, 0.5) is 5.69 Å². The molecule has 0 radical (unpaired) electrons. The lowest BCUT2D eigenvalue weighted by atomic mass is 10.2. The molecule has 0 atom stereocenters. The number of rotatable bonds is 8. The van der Waals surface area contributed by atoms with Crippen molar-refractivity contribution in [1.29, 1.82) is 0 Å². The maximum absolute atomic E-state index is 12.2. The second-order valence-electron chi connectivity index (χ2n) is 5.57. The number of nitrogens with zero attached hydrogens (tertiary/aromatic N) is 2. The Morgan fingerprint density at radius 3 is 2.46 bits per heavy atom. The van der Waals surface area contributed by atoms with E-state index in [2.05, 4.69) is 10.5 Å². The Morgan fingerprint density at radius 1 is 1.15 bits per heavy atom. The normalized spacial score (nSPS) is 10.3. The number of carbonyl (C=O) groups is 2. The van der Waals surface area contributed by atoms with Gasteiger partial charge in [-0.25, -0.2) is 0 Å². The number of likely N-dealkylation sites (N-methyl/N-ethyl adjacent to an activating group) is 1. The van der Waals surface area contributed by atoms with Gasteiger partial charge in [-0.2, -0.15) is 0 Å². The van der Waals surface area contributed by atoms with E-state index in [1.807, 2.05) is 13.8 Å². The summed E-state index contributed by atoms with van der Waals surface area (Å²) >= 11 is 0. The maximum atomic E-state index is 12.2. The Balaban J connectivity index is 2.00. The van der Waals surface area contributed by atoms with Gasteiger partial charge in [0.2, 0.25) is 11.7 Å². The molecule has 0 aliphatic rings. The van der Waals surface area contributed by atoms with Gasteiger partial charge in [0, 0.05) is 24.9 Å². The van der Waals surface area contributed by atoms with E-state index in [9.17, 15) is 9.59 Å². The highest BCUT2D eigenvalue weighted by Crippen LogP contribution is 2.30. The van der Waals surface area contributed by atoms with Crippen LogP contribution in [0.5, 0.6) is 11.5 Å². The fourth-order valence-corrected chi connectivity index (χ4v) is 2.27. The molecule has 0 unspecified atom stereocenters. The molecule has 0 fully saturated rings. The van der Waals surface area contributed by atoms with E-state index in [-0.39, 0.29) is 18.2 Å². The van der Waals surface area contributed by atoms with Gasteiger partial charge >= 0.3 is 0 Å². The number of aryl methyl sites for hydroxylation is 1. The Bertz CT molecular complexity index is 772. The molecule has 140 valence electrons. The largest absolute Gasteiger partial charge is 0.490 e. The molecule has 8 heteroatoms. The minimum atomic E-state index is -0.414. The molecule has 0 spiro atoms. The summed E-state index contributed by atoms with van der Waals surface area (Å²) < 4.78 is 15.9. The summed E-state index contributed by atoms with van der Waals surface area (Å²) in [6.07, 6.45) is 0. The standard InChI is InChI=1S/C18H23N3O5/c1-5-24-14-8-7-13(10-15(14)25-6-2)19-17(22)11-21(4)18(23)16-9-12(3)20-26-16/h7-10H,5-6,11H2,1-4H3,(H,19,22). The fourth-order valence-electron chi connectivity index (χ4n) is 2.27. The molecule has 0 saturated heterocycles. The van der Waals surface area contributed by atoms with Gasteiger partial charge in [0.1, 0.15) is 0 Å². The highest BCUT2D eigenvalue weighted by molar-refractivity contribution is 5.98. The van der Waals surface area contributed by atoms with Crippen molar-refractivity contribution in [3.05, 3.63) is 35.7 Å². The summed E-state index contributed by atoms with van der Waals surface area (Å²) in [5.74, 6) is 0.498. The number of ether oxygens (including phenoxy) is 2. The van der Waals surface area contributed by atoms with Gasteiger partial charge in [-0.1, -0.05) is 5.16 Å². The zero-order valence-electron chi connectivity index (χ0n) is 15.4. The van der Waals surface area contributed by atoms with E-state index in [4.69, 9.17) is 14.0 Å². The van der Waals surface area contributed by atoms with Crippen LogP contribution in [-0.2, 0) is 4.79 Å². The van der Waals surface area contributed by atoms with Crippen LogP contribution in [-0.4, -0.2) is 48.7 Å². The van der Waals surface area contributed by atoms with Gasteiger partial charge < -0.3 is 24.2 Å². The number of nitrogens with one attached hydrogen (secondary N) is 1. The molecule has 1 aromatic carbocycles. The van der Waals surface area contributed by atoms with Crippen molar-refractivity contribution >= 4 is 17.5 Å². The van der Waals surface area contributed by atoms with Gasteiger partial charge in [-0.15, -0.1) is 0 Å². The third-order valence-corrected chi connectivity index (χ3v) is 3.39. The number of hydrogen-bond donors (Lipinski definition) is 1. The Hall–Kier alpha value is -3.03. The van der Waals surface area contributed by atoms with Crippen molar-refractivity contribution in [3.63, 3.8) is 0 Å². The molecular formula is C18H23N3O5. The van der Waals surface area contributed by atoms with Crippen LogP contribution in [0.25, 0.3) is 0 Å². The number of carbonyl (C=O) groups excluding carboxylic acids is 2. The molecule has 1 aromatic heterocycles. The first-order chi connectivity index (χ1) is 12.4. The van der Waals surface area contributed by atoms with E-state index >= 15 is 0 Å². The second-order valence-corrected chi connectivity index (χ2v) is 5.57. The molecule has 26 heavy (non-hydrogen) atoms. The summed E-state index contributed by atoms with van der Waals surface area (Å²) in [6.45, 7) is 6.33. The summed E-state index contributed by atoms with van der Waals surface area (Å²) in [5.41, 5.74) is 1.15. The van der Waals surface area contributed by atoms with Gasteiger partial charge in [-0.3, -0.25) is 9.59 Å². The van der Waals surface area contributed by atoms with Crippen molar-refractivity contribution in [3.8, 4) is 11.5 Å². The van der Waals surface area contributed by atoms with Crippen LogP contribution in [0.1, 0.15) is 30.1 Å². The summed E-state index contributed by atoms with van der Waals surface area (Å²) in [4.78, 5) is 25.7. The predicted molar refractivity (Wildman–Crippen MR) is 95.6 cm³/mol. The molecule has 1 N–H and O–H groups in total. The molecule has 0 aliphatic heterocycles. The molecule has 2 amide bonds. The average molecular weight is 361 g/mol. The van der Waals surface area contributed by atoms with E-state index in [1.54, 1.807) is 25.1 Å². The van der Waals surface area contributed by atoms with Gasteiger partial charge in [0.15, 0.2) is 11.5 Å². The van der Waals surface area contributed by atoms with Crippen LogP contribution in [0.3, 0.4) is 0 Å². The lowest BCUT2D eigenvalue weighted by Crippen LogP contribution is -2.34. The molecule has 0 aliphatic carbocycles. The van der Waals surface area contributed by atoms with Gasteiger partial charge in [0.25, 0.3) is 5.91 Å². The number of anilines is 1. The molecule has 8 nitrogen and oxygen atoms in total. The van der Waals surface area contributed by atoms with E-state index in [0.717, 1.165) is 0 Å². The Kier molecular flexibility index (Phi) is 6.60. The molecule has 2 aromatic rings. The zero-order valence-corrected chi connectivity index (χ0v) is 15.4. The lowest BCUT2D eigenvalue weighted by Gasteiger charge is -2.16. The first-order valence-corrected chi connectivity index (χ1v) is 8.32. The molecule has 0 bridgehead atoms. The fraction of sp³-hybridized carbons (Fsp3) is 0.389. The number of hydrogen-bond acceptors (Lipinski definition) is 6. The zero-order chi connectivity index (χ0) is 19.1. The van der Waals surface area contributed by atoms with Crippen molar-refractivity contribution in [2.24, 2.45) is 0 Å².